The van der Waals surface area contributed by atoms with Gasteiger partial charge in [0, 0.05) is 5.92 Å². The first-order valence-electron chi connectivity index (χ1n) is 3.68. The number of allylic oxidation sites excluding steroid dienone is 8. The smallest absolute Gasteiger partial charge is 0.0201 e. The average molecular weight is 130 g/mol. The Hall–Kier alpha value is -1.04. The highest BCUT2D eigenvalue weighted by Gasteiger charge is 2.08. The van der Waals surface area contributed by atoms with E-state index in [1.54, 1.807) is 0 Å². The van der Waals surface area contributed by atoms with E-state index < -0.39 is 0 Å². The summed E-state index contributed by atoms with van der Waals surface area (Å²) in [6, 6.07) is 0. The first-order chi connectivity index (χ1) is 4.97. The summed E-state index contributed by atoms with van der Waals surface area (Å²) >= 11 is 0. The Bertz CT molecular complexity index is 239. The van der Waals surface area contributed by atoms with Crippen molar-refractivity contribution < 1.29 is 0 Å². The summed E-state index contributed by atoms with van der Waals surface area (Å²) in [4.78, 5) is 0. The van der Waals surface area contributed by atoms with Gasteiger partial charge in [-0.05, 0) is 12.0 Å². The largest absolute Gasteiger partial charge is 0.0838 e. The third-order valence-electron chi connectivity index (χ3n) is 1.92. The molecule has 1 unspecified atom stereocenters. The Morgan fingerprint density at radius 3 is 3.20 bits per heavy atom. The van der Waals surface area contributed by atoms with Gasteiger partial charge in [-0.25, -0.2) is 0 Å². The van der Waals surface area contributed by atoms with E-state index in [0.29, 0.717) is 5.92 Å². The molecule has 0 bridgehead atoms. The van der Waals surface area contributed by atoms with E-state index >= 15 is 0 Å². The van der Waals surface area contributed by atoms with E-state index in [4.69, 9.17) is 0 Å². The molecule has 0 aromatic carbocycles. The van der Waals surface area contributed by atoms with Gasteiger partial charge in [0.2, 0.25) is 0 Å². The van der Waals surface area contributed by atoms with Crippen molar-refractivity contribution in [3.05, 3.63) is 48.1 Å². The van der Waals surface area contributed by atoms with E-state index in [9.17, 15) is 0 Å². The molecule has 0 spiro atoms. The monoisotopic (exact) mass is 130 g/mol. The summed E-state index contributed by atoms with van der Waals surface area (Å²) in [6.45, 7) is 0. The van der Waals surface area contributed by atoms with Crippen LogP contribution in [0.1, 0.15) is 6.42 Å². The lowest BCUT2D eigenvalue weighted by Crippen LogP contribution is -1.87. The van der Waals surface area contributed by atoms with Crippen LogP contribution in [0, 0.1) is 5.92 Å². The van der Waals surface area contributed by atoms with Crippen molar-refractivity contribution in [3.8, 4) is 0 Å². The Labute approximate surface area is 61.3 Å². The van der Waals surface area contributed by atoms with Crippen LogP contribution in [0.2, 0.25) is 0 Å². The van der Waals surface area contributed by atoms with Crippen molar-refractivity contribution in [2.24, 2.45) is 5.92 Å². The van der Waals surface area contributed by atoms with Crippen LogP contribution in [0.15, 0.2) is 48.1 Å². The lowest BCUT2D eigenvalue weighted by Gasteiger charge is -2.00. The van der Waals surface area contributed by atoms with Crippen LogP contribution in [-0.4, -0.2) is 0 Å². The second-order valence-electron chi connectivity index (χ2n) is 2.64. The Morgan fingerprint density at radius 2 is 2.20 bits per heavy atom. The lowest BCUT2D eigenvalue weighted by atomic mass is 10.0. The molecule has 1 atom stereocenters. The predicted molar refractivity (Wildman–Crippen MR) is 43.6 cm³/mol. The quantitative estimate of drug-likeness (QED) is 0.442. The molecule has 0 nitrogen and oxygen atoms in total. The second kappa shape index (κ2) is 2.30. The molecule has 0 saturated heterocycles. The minimum Gasteiger partial charge on any atom is -0.0838 e. The van der Waals surface area contributed by atoms with Gasteiger partial charge in [-0.3, -0.25) is 0 Å². The van der Waals surface area contributed by atoms with Crippen LogP contribution in [0.25, 0.3) is 0 Å². The molecule has 0 heterocycles. The van der Waals surface area contributed by atoms with Gasteiger partial charge in [-0.2, -0.15) is 0 Å². The van der Waals surface area contributed by atoms with Crippen LogP contribution in [-0.2, 0) is 0 Å². The minimum atomic E-state index is 0.568. The topological polar surface area (TPSA) is 0 Å². The molecule has 0 saturated carbocycles. The summed E-state index contributed by atoms with van der Waals surface area (Å²) in [5.41, 5.74) is 1.42. The van der Waals surface area contributed by atoms with Crippen molar-refractivity contribution in [1.82, 2.24) is 0 Å². The highest BCUT2D eigenvalue weighted by molar-refractivity contribution is 5.40. The van der Waals surface area contributed by atoms with Crippen molar-refractivity contribution in [2.75, 3.05) is 0 Å². The Kier molecular flexibility index (Phi) is 1.31. The van der Waals surface area contributed by atoms with Crippen LogP contribution in [0.4, 0.5) is 0 Å². The molecule has 0 aromatic rings. The lowest BCUT2D eigenvalue weighted by molar-refractivity contribution is 1.03. The van der Waals surface area contributed by atoms with Crippen LogP contribution in [0.3, 0.4) is 0 Å². The zero-order valence-electron chi connectivity index (χ0n) is 5.83. The predicted octanol–water partition coefficient (Wildman–Crippen LogP) is 2.61. The average Bonchev–Trinajstić information content (AvgIpc) is 2.28. The third-order valence-corrected chi connectivity index (χ3v) is 1.92. The van der Waals surface area contributed by atoms with Gasteiger partial charge in [0.05, 0.1) is 0 Å². The summed E-state index contributed by atoms with van der Waals surface area (Å²) in [6.07, 6.45) is 16.5. The molecule has 2 aliphatic carbocycles. The van der Waals surface area contributed by atoms with Crippen LogP contribution in [0.5, 0.6) is 0 Å². The van der Waals surface area contributed by atoms with E-state index in [0.717, 1.165) is 6.42 Å². The molecule has 0 heteroatoms. The Morgan fingerprint density at radius 1 is 1.20 bits per heavy atom. The third kappa shape index (κ3) is 0.860. The van der Waals surface area contributed by atoms with Gasteiger partial charge >= 0.3 is 0 Å². The molecule has 0 amide bonds. The van der Waals surface area contributed by atoms with Gasteiger partial charge in [0.25, 0.3) is 0 Å². The maximum Gasteiger partial charge on any atom is 0.0201 e. The van der Waals surface area contributed by atoms with Gasteiger partial charge < -0.3 is 0 Å². The summed E-state index contributed by atoms with van der Waals surface area (Å²) < 4.78 is 0. The maximum atomic E-state index is 2.26. The molecule has 2 aliphatic rings. The molecule has 0 aromatic heterocycles. The number of hydrogen-bond acceptors (Lipinski definition) is 0. The highest BCUT2D eigenvalue weighted by atomic mass is 14.1. The standard InChI is InChI=1S/C10H10/c1-2-5-9-7-4-8-10(9)6-3-1/h2-9H,1H2. The minimum absolute atomic E-state index is 0.568. The molecular weight excluding hydrogens is 120 g/mol. The first-order valence-corrected chi connectivity index (χ1v) is 3.68. The van der Waals surface area contributed by atoms with Crippen LogP contribution < -0.4 is 0 Å². The molecule has 10 heavy (non-hydrogen) atoms. The van der Waals surface area contributed by atoms with E-state index in [-0.39, 0.29) is 0 Å². The fraction of sp³-hybridized carbons (Fsp3) is 0.200. The van der Waals surface area contributed by atoms with E-state index in [1.807, 2.05) is 0 Å². The van der Waals surface area contributed by atoms with Crippen molar-refractivity contribution >= 4 is 0 Å². The van der Waals surface area contributed by atoms with Gasteiger partial charge in [-0.15, -0.1) is 0 Å². The second-order valence-corrected chi connectivity index (χ2v) is 2.64. The molecule has 0 aliphatic heterocycles. The molecular formula is C10H10. The van der Waals surface area contributed by atoms with Gasteiger partial charge in [-0.1, -0.05) is 42.5 Å². The Balaban J connectivity index is 2.34. The zero-order chi connectivity index (χ0) is 6.81. The fourth-order valence-electron chi connectivity index (χ4n) is 1.36. The van der Waals surface area contributed by atoms with Crippen molar-refractivity contribution in [3.63, 3.8) is 0 Å². The normalized spacial score (nSPS) is 28.0. The molecule has 0 N–H and O–H groups in total. The summed E-state index contributed by atoms with van der Waals surface area (Å²) in [5.74, 6) is 0.568. The van der Waals surface area contributed by atoms with Crippen LogP contribution >= 0.6 is 0 Å². The molecule has 0 fully saturated rings. The maximum absolute atomic E-state index is 2.26. The number of hydrogen-bond donors (Lipinski definition) is 0. The highest BCUT2D eigenvalue weighted by Crippen LogP contribution is 2.23. The molecule has 50 valence electrons. The van der Waals surface area contributed by atoms with Gasteiger partial charge in [0.1, 0.15) is 0 Å². The van der Waals surface area contributed by atoms with E-state index in [2.05, 4.69) is 42.5 Å². The zero-order valence-corrected chi connectivity index (χ0v) is 5.83. The van der Waals surface area contributed by atoms with Crippen molar-refractivity contribution in [2.45, 2.75) is 6.42 Å². The SMILES string of the molecule is C1=CC2C=CCC=CC2=C1. The molecule has 0 radical (unpaired) electrons. The first kappa shape index (κ1) is 5.72. The summed E-state index contributed by atoms with van der Waals surface area (Å²) in [7, 11) is 0. The van der Waals surface area contributed by atoms with Gasteiger partial charge in [0.15, 0.2) is 0 Å². The van der Waals surface area contributed by atoms with E-state index in [1.165, 1.54) is 5.57 Å². The van der Waals surface area contributed by atoms with Crippen molar-refractivity contribution in [1.29, 1.82) is 0 Å². The fourth-order valence-corrected chi connectivity index (χ4v) is 1.36. The number of rotatable bonds is 0. The number of fused-ring (bicyclic) bond motifs is 1. The molecule has 2 rings (SSSR count). The summed E-state index contributed by atoms with van der Waals surface area (Å²) in [5, 5.41) is 0.